The molecular formula is C12H19N2O. The first-order valence-corrected chi connectivity index (χ1v) is 5.53. The van der Waals surface area contributed by atoms with E-state index in [0.717, 1.165) is 38.4 Å². The molecule has 1 heterocycles. The van der Waals surface area contributed by atoms with Crippen LogP contribution in [-0.4, -0.2) is 50.1 Å². The molecule has 0 unspecified atom stereocenters. The van der Waals surface area contributed by atoms with Crippen molar-refractivity contribution < 1.29 is 4.74 Å². The molecule has 0 aromatic rings. The average Bonchev–Trinajstić information content (AvgIpc) is 2.30. The fourth-order valence-electron chi connectivity index (χ4n) is 2.05. The van der Waals surface area contributed by atoms with Gasteiger partial charge in [0.05, 0.1) is 12.8 Å². The van der Waals surface area contributed by atoms with Crippen molar-refractivity contribution in [2.45, 2.75) is 6.42 Å². The number of likely N-dealkylation sites (N-methyl/N-ethyl adjacent to an activating group) is 1. The summed E-state index contributed by atoms with van der Waals surface area (Å²) in [4.78, 5) is 4.78. The second-order valence-corrected chi connectivity index (χ2v) is 4.09. The maximum Gasteiger partial charge on any atom is 0.138 e. The molecule has 0 N–H and O–H groups in total. The summed E-state index contributed by atoms with van der Waals surface area (Å²) < 4.78 is 5.39. The van der Waals surface area contributed by atoms with Crippen molar-refractivity contribution in [3.8, 4) is 0 Å². The van der Waals surface area contributed by atoms with Crippen LogP contribution in [0.15, 0.2) is 23.6 Å². The van der Waals surface area contributed by atoms with Gasteiger partial charge < -0.3 is 14.5 Å². The largest absolute Gasteiger partial charge is 0.495 e. The van der Waals surface area contributed by atoms with E-state index >= 15 is 0 Å². The van der Waals surface area contributed by atoms with Crippen LogP contribution in [0.25, 0.3) is 0 Å². The minimum Gasteiger partial charge on any atom is -0.495 e. The first-order chi connectivity index (χ1) is 7.31. The first-order valence-electron chi connectivity index (χ1n) is 5.53. The molecule has 0 bridgehead atoms. The lowest BCUT2D eigenvalue weighted by molar-refractivity contribution is 0.171. The van der Waals surface area contributed by atoms with Crippen LogP contribution in [-0.2, 0) is 4.74 Å². The molecule has 15 heavy (non-hydrogen) atoms. The molecule has 1 aliphatic heterocycles. The third kappa shape index (κ3) is 2.34. The Bertz CT molecular complexity index is 275. The van der Waals surface area contributed by atoms with Crippen LogP contribution >= 0.6 is 0 Å². The van der Waals surface area contributed by atoms with Crippen molar-refractivity contribution in [1.29, 1.82) is 0 Å². The number of methoxy groups -OCH3 is 1. The molecule has 0 aromatic carbocycles. The van der Waals surface area contributed by atoms with Crippen molar-refractivity contribution in [2.24, 2.45) is 0 Å². The minimum atomic E-state index is 1.01. The second kappa shape index (κ2) is 4.71. The van der Waals surface area contributed by atoms with E-state index in [0.29, 0.717) is 0 Å². The molecule has 3 heteroatoms. The maximum atomic E-state index is 5.39. The lowest BCUT2D eigenvalue weighted by atomic mass is 10.1. The van der Waals surface area contributed by atoms with E-state index < -0.39 is 0 Å². The van der Waals surface area contributed by atoms with E-state index in [-0.39, 0.29) is 0 Å². The highest BCUT2D eigenvalue weighted by atomic mass is 16.5. The monoisotopic (exact) mass is 207 g/mol. The van der Waals surface area contributed by atoms with Gasteiger partial charge in [-0.25, -0.2) is 0 Å². The van der Waals surface area contributed by atoms with Gasteiger partial charge in [0.2, 0.25) is 0 Å². The number of rotatable bonds is 2. The molecular weight excluding hydrogens is 188 g/mol. The van der Waals surface area contributed by atoms with Crippen LogP contribution in [0.2, 0.25) is 0 Å². The predicted octanol–water partition coefficient (Wildman–Crippen LogP) is 1.26. The van der Waals surface area contributed by atoms with E-state index in [1.54, 1.807) is 7.11 Å². The topological polar surface area (TPSA) is 15.7 Å². The molecule has 0 saturated carbocycles. The molecule has 1 aliphatic carbocycles. The summed E-state index contributed by atoms with van der Waals surface area (Å²) in [6, 6.07) is 0. The van der Waals surface area contributed by atoms with Crippen LogP contribution in [0.3, 0.4) is 0 Å². The Kier molecular flexibility index (Phi) is 3.31. The van der Waals surface area contributed by atoms with Gasteiger partial charge in [-0.1, -0.05) is 6.08 Å². The number of hydrogen-bond acceptors (Lipinski definition) is 3. The highest BCUT2D eigenvalue weighted by Gasteiger charge is 2.20. The molecule has 0 aromatic heterocycles. The third-order valence-electron chi connectivity index (χ3n) is 3.03. The van der Waals surface area contributed by atoms with Gasteiger partial charge >= 0.3 is 0 Å². The van der Waals surface area contributed by atoms with Gasteiger partial charge in [-0.2, -0.15) is 0 Å². The zero-order chi connectivity index (χ0) is 10.7. The van der Waals surface area contributed by atoms with Gasteiger partial charge in [0.15, 0.2) is 0 Å². The summed E-state index contributed by atoms with van der Waals surface area (Å²) in [6.07, 6.45) is 7.49. The highest BCUT2D eigenvalue weighted by molar-refractivity contribution is 5.32. The van der Waals surface area contributed by atoms with Gasteiger partial charge in [0.1, 0.15) is 5.76 Å². The summed E-state index contributed by atoms with van der Waals surface area (Å²) in [5.41, 5.74) is 1.27. The molecule has 0 atom stereocenters. The SMILES string of the molecule is COC1=C[CH]CC=C1N1CCN(C)CC1. The average molecular weight is 207 g/mol. The molecule has 1 fully saturated rings. The molecule has 1 saturated heterocycles. The Morgan fingerprint density at radius 1 is 1.20 bits per heavy atom. The zero-order valence-electron chi connectivity index (χ0n) is 9.57. The molecule has 2 aliphatic rings. The number of piperazine rings is 1. The zero-order valence-corrected chi connectivity index (χ0v) is 9.57. The van der Waals surface area contributed by atoms with E-state index in [9.17, 15) is 0 Å². The Hall–Kier alpha value is -0.960. The normalized spacial score (nSPS) is 23.5. The van der Waals surface area contributed by atoms with Gasteiger partial charge in [0.25, 0.3) is 0 Å². The van der Waals surface area contributed by atoms with Crippen LogP contribution in [0.5, 0.6) is 0 Å². The molecule has 0 spiro atoms. The summed E-state index contributed by atoms with van der Waals surface area (Å²) in [5, 5.41) is 0. The molecule has 0 amide bonds. The maximum absolute atomic E-state index is 5.39. The van der Waals surface area contributed by atoms with E-state index in [1.807, 2.05) is 0 Å². The Labute approximate surface area is 92.0 Å². The van der Waals surface area contributed by atoms with Crippen LogP contribution in [0.1, 0.15) is 6.42 Å². The Morgan fingerprint density at radius 2 is 1.93 bits per heavy atom. The predicted molar refractivity (Wildman–Crippen MR) is 61.2 cm³/mol. The lowest BCUT2D eigenvalue weighted by Crippen LogP contribution is -2.44. The number of allylic oxidation sites excluding steroid dienone is 2. The summed E-state index contributed by atoms with van der Waals surface area (Å²) in [5.74, 6) is 1.01. The van der Waals surface area contributed by atoms with Crippen molar-refractivity contribution in [3.63, 3.8) is 0 Å². The van der Waals surface area contributed by atoms with Crippen LogP contribution in [0.4, 0.5) is 0 Å². The van der Waals surface area contributed by atoms with Crippen molar-refractivity contribution in [1.82, 2.24) is 9.80 Å². The van der Waals surface area contributed by atoms with E-state index in [4.69, 9.17) is 4.74 Å². The molecule has 1 radical (unpaired) electrons. The third-order valence-corrected chi connectivity index (χ3v) is 3.03. The molecule has 83 valence electrons. The standard InChI is InChI=1S/C12H19N2O/c1-13-7-9-14(10-8-13)11-5-3-4-6-12(11)15-2/h4-6H,3,7-10H2,1-2H3. The number of hydrogen-bond donors (Lipinski definition) is 0. The Balaban J connectivity index is 2.03. The van der Waals surface area contributed by atoms with Gasteiger partial charge in [0, 0.05) is 26.2 Å². The van der Waals surface area contributed by atoms with E-state index in [2.05, 4.69) is 35.4 Å². The summed E-state index contributed by atoms with van der Waals surface area (Å²) in [7, 11) is 3.92. The smallest absolute Gasteiger partial charge is 0.138 e. The lowest BCUT2D eigenvalue weighted by Gasteiger charge is -2.36. The number of ether oxygens (including phenoxy) is 1. The summed E-state index contributed by atoms with van der Waals surface area (Å²) in [6.45, 7) is 4.47. The highest BCUT2D eigenvalue weighted by Crippen LogP contribution is 2.23. The fourth-order valence-corrected chi connectivity index (χ4v) is 2.05. The van der Waals surface area contributed by atoms with Gasteiger partial charge in [-0.15, -0.1) is 0 Å². The van der Waals surface area contributed by atoms with Crippen molar-refractivity contribution in [3.05, 3.63) is 30.0 Å². The number of nitrogens with zero attached hydrogens (tertiary/aromatic N) is 2. The van der Waals surface area contributed by atoms with Crippen molar-refractivity contribution in [2.75, 3.05) is 40.3 Å². The molecule has 2 rings (SSSR count). The molecule has 3 nitrogen and oxygen atoms in total. The van der Waals surface area contributed by atoms with Crippen molar-refractivity contribution >= 4 is 0 Å². The summed E-state index contributed by atoms with van der Waals surface area (Å²) >= 11 is 0. The Morgan fingerprint density at radius 3 is 2.60 bits per heavy atom. The fraction of sp³-hybridized carbons (Fsp3) is 0.583. The van der Waals surface area contributed by atoms with Gasteiger partial charge in [-0.05, 0) is 26.0 Å². The second-order valence-electron chi connectivity index (χ2n) is 4.09. The quantitative estimate of drug-likeness (QED) is 0.678. The minimum absolute atomic E-state index is 1.01. The van der Waals surface area contributed by atoms with Crippen LogP contribution < -0.4 is 0 Å². The first kappa shape index (κ1) is 10.6. The van der Waals surface area contributed by atoms with Gasteiger partial charge in [-0.3, -0.25) is 0 Å². The van der Waals surface area contributed by atoms with Crippen LogP contribution in [0, 0.1) is 6.42 Å². The van der Waals surface area contributed by atoms with E-state index in [1.165, 1.54) is 5.70 Å².